The first-order valence-corrected chi connectivity index (χ1v) is 27.3. The number of piperazine rings is 1. The van der Waals surface area contributed by atoms with Crippen LogP contribution in [0.2, 0.25) is 0 Å². The number of anilines is 3. The molecule has 3 amide bonds. The molecule has 7 aromatic rings. The van der Waals surface area contributed by atoms with Gasteiger partial charge in [-0.3, -0.25) is 34.6 Å². The van der Waals surface area contributed by atoms with Crippen LogP contribution < -0.4 is 25.2 Å². The third-order valence-electron chi connectivity index (χ3n) is 15.0. The third kappa shape index (κ3) is 10.9. The number of carbonyl (C=O) groups is 4. The molecule has 7 heterocycles. The SMILES string of the molecule is Cc1c(OC2CCC(OCCN3CCN(c4ccc5c(C6CCC(=O)NC6=O)nn(C)c5n4)CC3)CC2)cccc1-c1ccc(N2CCc3cccc(C(=O)Nc4nc5ccccc5s4)c3C2)nc1C(=O)OC(C)(C)C. The van der Waals surface area contributed by atoms with Gasteiger partial charge in [0.25, 0.3) is 5.91 Å². The van der Waals surface area contributed by atoms with Gasteiger partial charge >= 0.3 is 5.97 Å². The zero-order chi connectivity index (χ0) is 52.7. The molecule has 0 radical (unpaired) electrons. The Morgan fingerprint density at radius 3 is 2.34 bits per heavy atom. The van der Waals surface area contributed by atoms with Gasteiger partial charge in [-0.2, -0.15) is 5.10 Å². The van der Waals surface area contributed by atoms with Crippen LogP contribution >= 0.6 is 11.3 Å². The maximum Gasteiger partial charge on any atom is 0.358 e. The number of hydrogen-bond acceptors (Lipinski definition) is 15. The van der Waals surface area contributed by atoms with Crippen LogP contribution in [-0.2, 0) is 39.1 Å². The molecule has 1 saturated carbocycles. The van der Waals surface area contributed by atoms with E-state index in [1.165, 1.54) is 11.3 Å². The smallest absolute Gasteiger partial charge is 0.358 e. The number of rotatable bonds is 13. The highest BCUT2D eigenvalue weighted by atomic mass is 32.1. The van der Waals surface area contributed by atoms with Crippen molar-refractivity contribution >= 4 is 73.0 Å². The van der Waals surface area contributed by atoms with Crippen molar-refractivity contribution in [1.29, 1.82) is 0 Å². The number of thiazole rings is 1. The molecule has 3 fully saturated rings. The van der Waals surface area contributed by atoms with E-state index in [1.807, 2.05) is 114 Å². The van der Waals surface area contributed by atoms with Crippen LogP contribution in [0.5, 0.6) is 5.75 Å². The number of nitrogens with one attached hydrogen (secondary N) is 2. The van der Waals surface area contributed by atoms with Crippen LogP contribution in [0.1, 0.15) is 108 Å². The monoisotopic (exact) mass is 1040 g/mol. The number of hydrogen-bond donors (Lipinski definition) is 2. The number of fused-ring (bicyclic) bond motifs is 3. The van der Waals surface area contributed by atoms with Crippen LogP contribution in [0.3, 0.4) is 0 Å². The van der Waals surface area contributed by atoms with E-state index in [2.05, 4.69) is 41.5 Å². The second-order valence-electron chi connectivity index (χ2n) is 21.3. The van der Waals surface area contributed by atoms with Crippen molar-refractivity contribution in [3.8, 4) is 16.9 Å². The van der Waals surface area contributed by atoms with Gasteiger partial charge in [-0.05, 0) is 137 Å². The van der Waals surface area contributed by atoms with Gasteiger partial charge in [0.2, 0.25) is 11.8 Å². The number of benzene rings is 3. The van der Waals surface area contributed by atoms with Crippen LogP contribution in [0, 0.1) is 6.92 Å². The van der Waals surface area contributed by atoms with Crippen molar-refractivity contribution in [3.05, 3.63) is 119 Å². The molecule has 1 unspecified atom stereocenters. The average Bonchev–Trinajstić information content (AvgIpc) is 4.02. The van der Waals surface area contributed by atoms with E-state index < -0.39 is 17.5 Å². The molecule has 4 aromatic heterocycles. The molecule has 1 atom stereocenters. The minimum Gasteiger partial charge on any atom is -0.490 e. The summed E-state index contributed by atoms with van der Waals surface area (Å²) in [6, 6.07) is 27.6. The highest BCUT2D eigenvalue weighted by Crippen LogP contribution is 2.38. The quantitative estimate of drug-likeness (QED) is 0.0825. The van der Waals surface area contributed by atoms with E-state index in [9.17, 15) is 19.2 Å². The summed E-state index contributed by atoms with van der Waals surface area (Å²) in [6.45, 7) is 13.7. The van der Waals surface area contributed by atoms with Gasteiger partial charge in [0.05, 0.1) is 40.6 Å². The summed E-state index contributed by atoms with van der Waals surface area (Å²) in [6.07, 6.45) is 5.25. The fraction of sp³-hybridized carbons (Fsp3) is 0.414. The summed E-state index contributed by atoms with van der Waals surface area (Å²) in [4.78, 5) is 73.8. The molecule has 1 aliphatic carbocycles. The first kappa shape index (κ1) is 50.9. The van der Waals surface area contributed by atoms with Crippen LogP contribution in [0.4, 0.5) is 16.8 Å². The molecule has 0 spiro atoms. The topological polar surface area (TPSA) is 186 Å². The lowest BCUT2D eigenvalue weighted by atomic mass is 9.93. The van der Waals surface area contributed by atoms with Gasteiger partial charge in [0.1, 0.15) is 23.0 Å². The summed E-state index contributed by atoms with van der Waals surface area (Å²) in [5, 5.41) is 11.5. The molecule has 4 aliphatic rings. The van der Waals surface area contributed by atoms with Crippen LogP contribution in [0.15, 0.2) is 84.9 Å². The van der Waals surface area contributed by atoms with Gasteiger partial charge in [-0.15, -0.1) is 0 Å². The zero-order valence-corrected chi connectivity index (χ0v) is 44.6. The molecule has 11 rings (SSSR count). The van der Waals surface area contributed by atoms with E-state index in [1.54, 1.807) is 4.68 Å². The average molecular weight is 1050 g/mol. The first-order chi connectivity index (χ1) is 36.7. The summed E-state index contributed by atoms with van der Waals surface area (Å²) in [5.74, 6) is 0.575. The minimum atomic E-state index is -0.744. The predicted octanol–water partition coefficient (Wildman–Crippen LogP) is 8.77. The standard InChI is InChI=1S/C58H64N10O7S/c1-35-39(40-20-23-48(60-52(40)56(72)75-58(2,3)4)68-27-26-36-10-8-12-41(44(36)34-68)54(70)63-57-59-45-13-6-7-15-47(45)76-57)11-9-14-46(35)74-38-18-16-37(17-19-38)73-33-32-66-28-30-67(31-29-66)49-24-21-42-51(64-65(5)53(42)61-49)43-22-25-50(69)62-55(43)71/h6-15,20-21,23-24,37-38,43H,16-19,22,25-34H2,1-5H3,(H,59,63,70)(H,62,69,71). The normalized spacial score (nSPS) is 19.4. The molecule has 0 bridgehead atoms. The van der Waals surface area contributed by atoms with Gasteiger partial charge in [-0.25, -0.2) is 19.7 Å². The molecule has 3 aromatic carbocycles. The number of imide groups is 1. The Hall–Kier alpha value is -7.28. The number of para-hydroxylation sites is 1. The van der Waals surface area contributed by atoms with E-state index in [-0.39, 0.29) is 35.6 Å². The van der Waals surface area contributed by atoms with E-state index >= 15 is 0 Å². The molecular formula is C58H64N10O7S. The van der Waals surface area contributed by atoms with E-state index in [0.29, 0.717) is 66.7 Å². The van der Waals surface area contributed by atoms with Crippen molar-refractivity contribution in [2.45, 2.75) is 103 Å². The summed E-state index contributed by atoms with van der Waals surface area (Å²) in [5.41, 5.74) is 6.77. The number of amides is 3. The molecule has 76 heavy (non-hydrogen) atoms. The molecule has 17 nitrogen and oxygen atoms in total. The summed E-state index contributed by atoms with van der Waals surface area (Å²) < 4.78 is 21.9. The maximum atomic E-state index is 14.1. The second-order valence-corrected chi connectivity index (χ2v) is 22.4. The van der Waals surface area contributed by atoms with Crippen molar-refractivity contribution < 1.29 is 33.4 Å². The fourth-order valence-corrected chi connectivity index (χ4v) is 11.9. The van der Waals surface area contributed by atoms with Crippen molar-refractivity contribution in [1.82, 2.24) is 34.9 Å². The highest BCUT2D eigenvalue weighted by Gasteiger charge is 2.33. The Morgan fingerprint density at radius 2 is 1.55 bits per heavy atom. The molecule has 3 aliphatic heterocycles. The number of ether oxygens (including phenoxy) is 3. The van der Waals surface area contributed by atoms with Gasteiger partial charge < -0.3 is 24.0 Å². The lowest BCUT2D eigenvalue weighted by Crippen LogP contribution is -2.47. The van der Waals surface area contributed by atoms with Gasteiger partial charge in [-0.1, -0.05) is 47.7 Å². The Balaban J connectivity index is 0.692. The molecule has 2 N–H and O–H groups in total. The van der Waals surface area contributed by atoms with Gasteiger partial charge in [0.15, 0.2) is 16.5 Å². The molecular weight excluding hydrogens is 981 g/mol. The highest BCUT2D eigenvalue weighted by molar-refractivity contribution is 7.22. The van der Waals surface area contributed by atoms with E-state index in [0.717, 1.165) is 113 Å². The number of aryl methyl sites for hydroxylation is 1. The van der Waals surface area contributed by atoms with Gasteiger partial charge in [0, 0.05) is 75.8 Å². The predicted molar refractivity (Wildman–Crippen MR) is 293 cm³/mol. The molecule has 18 heteroatoms. The Kier molecular flexibility index (Phi) is 14.3. The fourth-order valence-electron chi connectivity index (χ4n) is 11.0. The number of esters is 1. The second kappa shape index (κ2) is 21.4. The molecule has 394 valence electrons. The number of pyridine rings is 2. The lowest BCUT2D eigenvalue weighted by Gasteiger charge is -2.36. The van der Waals surface area contributed by atoms with Crippen LogP contribution in [-0.4, -0.2) is 117 Å². The zero-order valence-electron chi connectivity index (χ0n) is 43.8. The summed E-state index contributed by atoms with van der Waals surface area (Å²) in [7, 11) is 1.85. The summed E-state index contributed by atoms with van der Waals surface area (Å²) >= 11 is 1.45. The van der Waals surface area contributed by atoms with Crippen LogP contribution in [0.25, 0.3) is 32.4 Å². The van der Waals surface area contributed by atoms with Crippen molar-refractivity contribution in [3.63, 3.8) is 0 Å². The third-order valence-corrected chi connectivity index (χ3v) is 16.0. The Bertz CT molecular complexity index is 3320. The number of piperidine rings is 1. The maximum absolute atomic E-state index is 14.1. The number of nitrogens with zero attached hydrogens (tertiary/aromatic N) is 8. The number of aromatic nitrogens is 5. The molecule has 2 saturated heterocycles. The van der Waals surface area contributed by atoms with Crippen molar-refractivity contribution in [2.75, 3.05) is 61.0 Å². The first-order valence-electron chi connectivity index (χ1n) is 26.5. The lowest BCUT2D eigenvalue weighted by molar-refractivity contribution is -0.134. The minimum absolute atomic E-state index is 0.0334. The number of carbonyl (C=O) groups excluding carboxylic acids is 4. The largest absolute Gasteiger partial charge is 0.490 e. The van der Waals surface area contributed by atoms with E-state index in [4.69, 9.17) is 24.2 Å². The Morgan fingerprint density at radius 1 is 0.789 bits per heavy atom. The Labute approximate surface area is 445 Å². The van der Waals surface area contributed by atoms with Crippen molar-refractivity contribution in [2.24, 2.45) is 7.05 Å².